The second-order valence-corrected chi connectivity index (χ2v) is 7.96. The number of ether oxygens (including phenoxy) is 1. The lowest BCUT2D eigenvalue weighted by atomic mass is 10.1. The minimum Gasteiger partial charge on any atom is -0.437 e. The second kappa shape index (κ2) is 9.47. The van der Waals surface area contributed by atoms with E-state index in [4.69, 9.17) is 16.3 Å². The summed E-state index contributed by atoms with van der Waals surface area (Å²) in [4.78, 5) is 16.9. The number of nitrogens with zero attached hydrogens (tertiary/aromatic N) is 4. The third-order valence-electron chi connectivity index (χ3n) is 3.70. The Labute approximate surface area is 180 Å². The van der Waals surface area contributed by atoms with E-state index in [-0.39, 0.29) is 32.4 Å². The first-order chi connectivity index (χ1) is 14.4. The van der Waals surface area contributed by atoms with Gasteiger partial charge in [-0.05, 0) is 31.2 Å². The molecule has 1 amide bonds. The summed E-state index contributed by atoms with van der Waals surface area (Å²) in [6.45, 7) is 2.58. The van der Waals surface area contributed by atoms with E-state index >= 15 is 0 Å². The predicted octanol–water partition coefficient (Wildman–Crippen LogP) is 3.89. The highest BCUT2D eigenvalue weighted by molar-refractivity contribution is 7.94. The fourth-order valence-corrected chi connectivity index (χ4v) is 3.48. The van der Waals surface area contributed by atoms with Crippen LogP contribution in [0.25, 0.3) is 0 Å². The highest BCUT2D eigenvalue weighted by Crippen LogP contribution is 2.36. The summed E-state index contributed by atoms with van der Waals surface area (Å²) in [5.41, 5.74) is -6.46. The molecule has 2 aromatic rings. The summed E-state index contributed by atoms with van der Waals surface area (Å²) in [5.74, 6) is -1.23. The first kappa shape index (κ1) is 24.3. The third kappa shape index (κ3) is 5.41. The van der Waals surface area contributed by atoms with Gasteiger partial charge in [-0.25, -0.2) is 0 Å². The summed E-state index contributed by atoms with van der Waals surface area (Å²) in [6.07, 6.45) is -0.506. The van der Waals surface area contributed by atoms with Crippen molar-refractivity contribution < 1.29 is 36.0 Å². The van der Waals surface area contributed by atoms with Gasteiger partial charge in [0.05, 0.1) is 11.4 Å². The molecule has 0 saturated heterocycles. The zero-order valence-corrected chi connectivity index (χ0v) is 17.9. The van der Waals surface area contributed by atoms with Gasteiger partial charge in [0.2, 0.25) is 11.8 Å². The van der Waals surface area contributed by atoms with Crippen LogP contribution in [0.5, 0.6) is 11.6 Å². The molecule has 0 bridgehead atoms. The van der Waals surface area contributed by atoms with Gasteiger partial charge < -0.3 is 9.57 Å². The van der Waals surface area contributed by atoms with Crippen LogP contribution in [-0.2, 0) is 19.7 Å². The molecule has 0 spiro atoms. The van der Waals surface area contributed by atoms with Crippen LogP contribution in [0.4, 0.5) is 18.9 Å². The van der Waals surface area contributed by atoms with Gasteiger partial charge in [-0.2, -0.15) is 25.9 Å². The van der Waals surface area contributed by atoms with Crippen LogP contribution in [0.3, 0.4) is 0 Å². The van der Waals surface area contributed by atoms with Gasteiger partial charge >= 0.3 is 15.5 Å². The van der Waals surface area contributed by atoms with Gasteiger partial charge in [0.25, 0.3) is 0 Å². The number of carbonyl (C=O) groups is 1. The number of hydrogen-bond donors (Lipinski definition) is 0. The molecular formula is C17H16ClF3N4O5S. The largest absolute Gasteiger partial charge is 0.517 e. The maximum absolute atomic E-state index is 13.3. The number of rotatable bonds is 7. The number of oxime groups is 1. The minimum atomic E-state index is -6.04. The van der Waals surface area contributed by atoms with Crippen molar-refractivity contribution in [2.24, 2.45) is 5.16 Å². The van der Waals surface area contributed by atoms with E-state index < -0.39 is 33.5 Å². The van der Waals surface area contributed by atoms with Crippen molar-refractivity contribution in [3.63, 3.8) is 0 Å². The highest BCUT2D eigenvalue weighted by Gasteiger charge is 2.52. The zero-order valence-electron chi connectivity index (χ0n) is 16.3. The topological polar surface area (TPSA) is 111 Å². The van der Waals surface area contributed by atoms with Crippen molar-refractivity contribution >= 4 is 38.9 Å². The number of sulfonamides is 1. The number of amides is 1. The Balaban J connectivity index is 2.67. The molecular weight excluding hydrogens is 465 g/mol. The fourth-order valence-electron chi connectivity index (χ4n) is 2.36. The lowest BCUT2D eigenvalue weighted by Crippen LogP contribution is -2.45. The molecule has 31 heavy (non-hydrogen) atoms. The van der Waals surface area contributed by atoms with Crippen molar-refractivity contribution in [3.8, 4) is 11.6 Å². The van der Waals surface area contributed by atoms with Crippen molar-refractivity contribution in [1.82, 2.24) is 10.2 Å². The smallest absolute Gasteiger partial charge is 0.437 e. The Bertz CT molecular complexity index is 1090. The van der Waals surface area contributed by atoms with E-state index in [1.54, 1.807) is 0 Å². The number of hydrogen-bond acceptors (Lipinski definition) is 8. The van der Waals surface area contributed by atoms with Crippen molar-refractivity contribution in [2.45, 2.75) is 25.8 Å². The van der Waals surface area contributed by atoms with Crippen LogP contribution >= 0.6 is 11.6 Å². The van der Waals surface area contributed by atoms with Crippen LogP contribution in [0.15, 0.2) is 35.5 Å². The monoisotopic (exact) mass is 480 g/mol. The van der Waals surface area contributed by atoms with Gasteiger partial charge in [0.15, 0.2) is 5.15 Å². The summed E-state index contributed by atoms with van der Waals surface area (Å²) < 4.78 is 69.2. The molecule has 0 saturated carbocycles. The Kier molecular flexibility index (Phi) is 7.44. The molecule has 0 atom stereocenters. The number of anilines is 1. The summed E-state index contributed by atoms with van der Waals surface area (Å²) >= 11 is 5.65. The number of alkyl halides is 3. The molecule has 0 aliphatic carbocycles. The summed E-state index contributed by atoms with van der Waals surface area (Å²) in [6, 6.07) is 6.12. The fraction of sp³-hybridized carbons (Fsp3) is 0.294. The Hall–Kier alpha value is -2.93. The van der Waals surface area contributed by atoms with Gasteiger partial charge in [0.1, 0.15) is 12.9 Å². The standard InChI is InChI=1S/C17H16ClF3N4O5S/c1-4-16(26)25(31(27,28)17(19,20)21)13-6-5-11(9-12(13)10(2)24-29-3)30-15-8-7-14(18)22-23-15/h5-9H,4H2,1-3H3. The maximum Gasteiger partial charge on any atom is 0.517 e. The van der Waals surface area contributed by atoms with E-state index in [1.165, 1.54) is 39.2 Å². The van der Waals surface area contributed by atoms with Crippen LogP contribution in [0.2, 0.25) is 5.15 Å². The van der Waals surface area contributed by atoms with E-state index in [1.807, 2.05) is 0 Å². The van der Waals surface area contributed by atoms with Crippen LogP contribution in [0.1, 0.15) is 25.8 Å². The Morgan fingerprint density at radius 3 is 2.42 bits per heavy atom. The third-order valence-corrected chi connectivity index (χ3v) is 5.36. The second-order valence-electron chi connectivity index (χ2n) is 5.80. The lowest BCUT2D eigenvalue weighted by molar-refractivity contribution is -0.117. The molecule has 14 heteroatoms. The zero-order chi connectivity index (χ0) is 23.4. The number of halogens is 4. The molecule has 0 unspecified atom stereocenters. The van der Waals surface area contributed by atoms with Gasteiger partial charge in [0, 0.05) is 18.1 Å². The minimum absolute atomic E-state index is 0.00818. The number of benzene rings is 1. The van der Waals surface area contributed by atoms with Crippen molar-refractivity contribution in [2.75, 3.05) is 11.4 Å². The Morgan fingerprint density at radius 2 is 1.90 bits per heavy atom. The molecule has 9 nitrogen and oxygen atoms in total. The van der Waals surface area contributed by atoms with Crippen LogP contribution < -0.4 is 9.04 Å². The van der Waals surface area contributed by atoms with E-state index in [0.29, 0.717) is 0 Å². The van der Waals surface area contributed by atoms with E-state index in [0.717, 1.165) is 12.1 Å². The van der Waals surface area contributed by atoms with Gasteiger partial charge in [-0.15, -0.1) is 10.2 Å². The molecule has 1 aromatic carbocycles. The average molecular weight is 481 g/mol. The lowest BCUT2D eigenvalue weighted by Gasteiger charge is -2.25. The molecule has 1 aromatic heterocycles. The summed E-state index contributed by atoms with van der Waals surface area (Å²) in [7, 11) is -4.85. The molecule has 2 rings (SSSR count). The van der Waals surface area contributed by atoms with E-state index in [2.05, 4.69) is 20.2 Å². The normalized spacial score (nSPS) is 12.4. The van der Waals surface area contributed by atoms with Crippen LogP contribution in [-0.4, -0.2) is 42.9 Å². The molecule has 0 fully saturated rings. The summed E-state index contributed by atoms with van der Waals surface area (Å²) in [5, 5.41) is 11.0. The first-order valence-corrected chi connectivity index (χ1v) is 10.3. The van der Waals surface area contributed by atoms with Gasteiger partial charge in [-0.3, -0.25) is 4.79 Å². The number of aromatic nitrogens is 2. The highest BCUT2D eigenvalue weighted by atomic mass is 35.5. The maximum atomic E-state index is 13.3. The molecule has 168 valence electrons. The number of carbonyl (C=O) groups excluding carboxylic acids is 1. The van der Waals surface area contributed by atoms with Crippen LogP contribution in [0, 0.1) is 0 Å². The molecule has 0 N–H and O–H groups in total. The molecule has 0 aliphatic rings. The molecule has 1 heterocycles. The molecule has 0 radical (unpaired) electrons. The first-order valence-electron chi connectivity index (χ1n) is 8.46. The van der Waals surface area contributed by atoms with Gasteiger partial charge in [-0.1, -0.05) is 23.7 Å². The average Bonchev–Trinajstić information content (AvgIpc) is 2.69. The van der Waals surface area contributed by atoms with E-state index in [9.17, 15) is 26.4 Å². The predicted molar refractivity (Wildman–Crippen MR) is 106 cm³/mol. The molecule has 0 aliphatic heterocycles. The van der Waals surface area contributed by atoms with Crippen molar-refractivity contribution in [3.05, 3.63) is 41.0 Å². The Morgan fingerprint density at radius 1 is 1.23 bits per heavy atom. The SMILES string of the molecule is CCC(=O)N(c1ccc(Oc2ccc(Cl)nn2)cc1C(C)=NOC)S(=O)(=O)C(F)(F)F. The quantitative estimate of drug-likeness (QED) is 0.436. The van der Waals surface area contributed by atoms with Crippen molar-refractivity contribution in [1.29, 1.82) is 0 Å².